The molecule has 2 aromatic rings. The molecule has 5 nitrogen and oxygen atoms in total. The number of aromatic nitrogens is 1. The number of nitrogens with one attached hydrogen (secondary N) is 1. The molecule has 2 amide bonds. The number of amides is 2. The topological polar surface area (TPSA) is 48.5 Å². The lowest BCUT2D eigenvalue weighted by Crippen LogP contribution is -2.51. The van der Waals surface area contributed by atoms with Crippen LogP contribution in [-0.4, -0.2) is 42.1 Å². The van der Waals surface area contributed by atoms with E-state index in [0.717, 1.165) is 24.3 Å². The molecule has 120 valence electrons. The number of pyridine rings is 1. The van der Waals surface area contributed by atoms with Crippen LogP contribution < -0.4 is 10.2 Å². The van der Waals surface area contributed by atoms with Crippen LogP contribution in [0.3, 0.4) is 0 Å². The van der Waals surface area contributed by atoms with Crippen LogP contribution in [0.25, 0.3) is 0 Å². The number of anilines is 1. The molecule has 0 spiro atoms. The lowest BCUT2D eigenvalue weighted by molar-refractivity contribution is 0.194. The summed E-state index contributed by atoms with van der Waals surface area (Å²) in [6, 6.07) is 10.2. The smallest absolute Gasteiger partial charge is 0.317 e. The molecule has 1 aromatic carbocycles. The van der Waals surface area contributed by atoms with Crippen molar-refractivity contribution in [3.63, 3.8) is 0 Å². The average Bonchev–Trinajstić information content (AvgIpc) is 2.61. The van der Waals surface area contributed by atoms with Crippen LogP contribution in [0.4, 0.5) is 14.9 Å². The Morgan fingerprint density at radius 3 is 2.52 bits per heavy atom. The Bertz CT molecular complexity index is 639. The molecule has 0 aliphatic carbocycles. The van der Waals surface area contributed by atoms with E-state index in [-0.39, 0.29) is 11.8 Å². The number of hydrogen-bond donors (Lipinski definition) is 1. The first-order valence-electron chi connectivity index (χ1n) is 7.64. The summed E-state index contributed by atoms with van der Waals surface area (Å²) in [7, 11) is 0. The molecule has 6 heteroatoms. The van der Waals surface area contributed by atoms with Crippen molar-refractivity contribution in [2.45, 2.75) is 6.54 Å². The van der Waals surface area contributed by atoms with E-state index in [1.165, 1.54) is 12.1 Å². The Labute approximate surface area is 134 Å². The van der Waals surface area contributed by atoms with E-state index < -0.39 is 0 Å². The summed E-state index contributed by atoms with van der Waals surface area (Å²) in [4.78, 5) is 20.2. The van der Waals surface area contributed by atoms with Crippen LogP contribution in [0.15, 0.2) is 48.8 Å². The molecule has 1 aliphatic rings. The minimum atomic E-state index is -0.234. The summed E-state index contributed by atoms with van der Waals surface area (Å²) >= 11 is 0. The molecule has 0 atom stereocenters. The standard InChI is InChI=1S/C17H19FN4O/c18-15-3-5-16(6-4-15)21-8-10-22(11-9-21)17(23)20-13-14-2-1-7-19-12-14/h1-7,12H,8-11,13H2,(H,20,23). The van der Waals surface area contributed by atoms with E-state index in [4.69, 9.17) is 0 Å². The minimum Gasteiger partial charge on any atom is -0.368 e. The number of rotatable bonds is 3. The van der Waals surface area contributed by atoms with Crippen LogP contribution in [0.1, 0.15) is 5.56 Å². The van der Waals surface area contributed by atoms with Gasteiger partial charge in [-0.25, -0.2) is 9.18 Å². The van der Waals surface area contributed by atoms with Gasteiger partial charge in [-0.05, 0) is 35.9 Å². The maximum atomic E-state index is 13.0. The van der Waals surface area contributed by atoms with Crippen LogP contribution in [0.2, 0.25) is 0 Å². The summed E-state index contributed by atoms with van der Waals surface area (Å²) in [5.41, 5.74) is 1.97. The van der Waals surface area contributed by atoms with Crippen LogP contribution in [-0.2, 0) is 6.54 Å². The predicted molar refractivity (Wildman–Crippen MR) is 86.7 cm³/mol. The molecule has 0 radical (unpaired) electrons. The van der Waals surface area contributed by atoms with Gasteiger partial charge in [0.05, 0.1) is 0 Å². The van der Waals surface area contributed by atoms with E-state index in [1.54, 1.807) is 29.4 Å². The van der Waals surface area contributed by atoms with Gasteiger partial charge in [-0.2, -0.15) is 0 Å². The van der Waals surface area contributed by atoms with E-state index in [9.17, 15) is 9.18 Å². The molecule has 23 heavy (non-hydrogen) atoms. The van der Waals surface area contributed by atoms with Gasteiger partial charge in [0.2, 0.25) is 0 Å². The second-order valence-electron chi connectivity index (χ2n) is 5.47. The van der Waals surface area contributed by atoms with Gasteiger partial charge >= 0.3 is 6.03 Å². The van der Waals surface area contributed by atoms with Gasteiger partial charge < -0.3 is 15.1 Å². The lowest BCUT2D eigenvalue weighted by Gasteiger charge is -2.36. The summed E-state index contributed by atoms with van der Waals surface area (Å²) < 4.78 is 13.0. The van der Waals surface area contributed by atoms with Gasteiger partial charge in [0.15, 0.2) is 0 Å². The zero-order valence-corrected chi connectivity index (χ0v) is 12.8. The SMILES string of the molecule is O=C(NCc1cccnc1)N1CCN(c2ccc(F)cc2)CC1. The summed E-state index contributed by atoms with van der Waals surface area (Å²) in [5.74, 6) is -0.234. The number of carbonyl (C=O) groups is 1. The first-order valence-corrected chi connectivity index (χ1v) is 7.64. The van der Waals surface area contributed by atoms with Gasteiger partial charge in [-0.1, -0.05) is 6.07 Å². The van der Waals surface area contributed by atoms with Crippen molar-refractivity contribution in [3.05, 3.63) is 60.2 Å². The molecule has 1 aliphatic heterocycles. The summed E-state index contributed by atoms with van der Waals surface area (Å²) in [6.07, 6.45) is 3.45. The zero-order chi connectivity index (χ0) is 16.1. The van der Waals surface area contributed by atoms with Gasteiger partial charge in [-0.15, -0.1) is 0 Å². The van der Waals surface area contributed by atoms with E-state index in [0.29, 0.717) is 19.6 Å². The first-order chi connectivity index (χ1) is 11.2. The maximum Gasteiger partial charge on any atom is 0.317 e. The van der Waals surface area contributed by atoms with Crippen molar-refractivity contribution < 1.29 is 9.18 Å². The Morgan fingerprint density at radius 2 is 1.87 bits per heavy atom. The maximum absolute atomic E-state index is 13.0. The normalized spacial score (nSPS) is 14.7. The van der Waals surface area contributed by atoms with Gasteiger partial charge in [0, 0.05) is 50.8 Å². The van der Waals surface area contributed by atoms with Crippen LogP contribution in [0, 0.1) is 5.82 Å². The Hall–Kier alpha value is -2.63. The van der Waals surface area contributed by atoms with Crippen molar-refractivity contribution >= 4 is 11.7 Å². The number of benzene rings is 1. The van der Waals surface area contributed by atoms with Gasteiger partial charge in [0.25, 0.3) is 0 Å². The quantitative estimate of drug-likeness (QED) is 0.945. The monoisotopic (exact) mass is 314 g/mol. The number of urea groups is 1. The van der Waals surface area contributed by atoms with Gasteiger partial charge in [-0.3, -0.25) is 4.98 Å². The second-order valence-corrected chi connectivity index (χ2v) is 5.47. The van der Waals surface area contributed by atoms with Crippen molar-refractivity contribution in [1.82, 2.24) is 15.2 Å². The molecule has 1 aromatic heterocycles. The highest BCUT2D eigenvalue weighted by atomic mass is 19.1. The second kappa shape index (κ2) is 7.09. The minimum absolute atomic E-state index is 0.0624. The Kier molecular flexibility index (Phi) is 4.71. The molecular weight excluding hydrogens is 295 g/mol. The number of piperazine rings is 1. The first kappa shape index (κ1) is 15.3. The zero-order valence-electron chi connectivity index (χ0n) is 12.8. The van der Waals surface area contributed by atoms with Crippen LogP contribution >= 0.6 is 0 Å². The molecular formula is C17H19FN4O. The third-order valence-electron chi connectivity index (χ3n) is 3.93. The van der Waals surface area contributed by atoms with Crippen LogP contribution in [0.5, 0.6) is 0 Å². The largest absolute Gasteiger partial charge is 0.368 e. The van der Waals surface area contributed by atoms with E-state index in [2.05, 4.69) is 15.2 Å². The highest BCUT2D eigenvalue weighted by Crippen LogP contribution is 2.16. The molecule has 2 heterocycles. The number of nitrogens with zero attached hydrogens (tertiary/aromatic N) is 3. The fourth-order valence-corrected chi connectivity index (χ4v) is 2.61. The summed E-state index contributed by atoms with van der Waals surface area (Å²) in [6.45, 7) is 3.26. The van der Waals surface area contributed by atoms with Gasteiger partial charge in [0.1, 0.15) is 5.82 Å². The fourth-order valence-electron chi connectivity index (χ4n) is 2.61. The van der Waals surface area contributed by atoms with Crippen molar-refractivity contribution in [2.75, 3.05) is 31.1 Å². The lowest BCUT2D eigenvalue weighted by atomic mass is 10.2. The third kappa shape index (κ3) is 3.97. The highest BCUT2D eigenvalue weighted by Gasteiger charge is 2.21. The summed E-state index contributed by atoms with van der Waals surface area (Å²) in [5, 5.41) is 2.91. The Morgan fingerprint density at radius 1 is 1.13 bits per heavy atom. The molecule has 0 saturated carbocycles. The molecule has 0 unspecified atom stereocenters. The van der Waals surface area contributed by atoms with Crippen molar-refractivity contribution in [2.24, 2.45) is 0 Å². The van der Waals surface area contributed by atoms with Crippen molar-refractivity contribution in [1.29, 1.82) is 0 Å². The van der Waals surface area contributed by atoms with E-state index in [1.807, 2.05) is 12.1 Å². The van der Waals surface area contributed by atoms with E-state index >= 15 is 0 Å². The molecule has 3 rings (SSSR count). The number of halogens is 1. The highest BCUT2D eigenvalue weighted by molar-refractivity contribution is 5.74. The number of carbonyl (C=O) groups excluding carboxylic acids is 1. The molecule has 1 N–H and O–H groups in total. The molecule has 1 saturated heterocycles. The van der Waals surface area contributed by atoms with Crippen molar-refractivity contribution in [3.8, 4) is 0 Å². The average molecular weight is 314 g/mol. The fraction of sp³-hybridized carbons (Fsp3) is 0.294. The third-order valence-corrected chi connectivity index (χ3v) is 3.93. The molecule has 1 fully saturated rings. The molecule has 0 bridgehead atoms. The Balaban J connectivity index is 1.48. The predicted octanol–water partition coefficient (Wildman–Crippen LogP) is 2.25. The number of hydrogen-bond acceptors (Lipinski definition) is 3.